The molecule has 23 heavy (non-hydrogen) atoms. The van der Waals surface area contributed by atoms with Crippen LogP contribution in [0.3, 0.4) is 0 Å². The van der Waals surface area contributed by atoms with Gasteiger partial charge < -0.3 is 15.8 Å². The van der Waals surface area contributed by atoms with Gasteiger partial charge in [0.05, 0.1) is 6.61 Å². The predicted octanol–water partition coefficient (Wildman–Crippen LogP) is 3.33. The zero-order valence-corrected chi connectivity index (χ0v) is 15.1. The molecule has 0 radical (unpaired) electrons. The molecular formula is C18H29ClN2O2. The number of ether oxygens (including phenoxy) is 1. The van der Waals surface area contributed by atoms with E-state index in [1.165, 1.54) is 5.56 Å². The second kappa shape index (κ2) is 11.2. The Kier molecular flexibility index (Phi) is 10.6. The summed E-state index contributed by atoms with van der Waals surface area (Å²) in [5.74, 6) is 0.358. The van der Waals surface area contributed by atoms with Crippen molar-refractivity contribution in [2.75, 3.05) is 13.2 Å². The fourth-order valence-corrected chi connectivity index (χ4v) is 2.00. The lowest BCUT2D eigenvalue weighted by Crippen LogP contribution is -2.38. The van der Waals surface area contributed by atoms with Gasteiger partial charge in [-0.1, -0.05) is 44.2 Å². The van der Waals surface area contributed by atoms with Crippen molar-refractivity contribution in [3.05, 3.63) is 48.0 Å². The van der Waals surface area contributed by atoms with Crippen molar-refractivity contribution in [3.63, 3.8) is 0 Å². The van der Waals surface area contributed by atoms with E-state index in [-0.39, 0.29) is 24.4 Å². The molecule has 0 fully saturated rings. The van der Waals surface area contributed by atoms with Crippen LogP contribution < -0.4 is 11.1 Å². The lowest BCUT2D eigenvalue weighted by molar-refractivity contribution is -0.131. The van der Waals surface area contributed by atoms with Crippen molar-refractivity contribution in [2.24, 2.45) is 5.73 Å². The van der Waals surface area contributed by atoms with Gasteiger partial charge in [0.2, 0.25) is 5.91 Å². The van der Waals surface area contributed by atoms with Crippen LogP contribution in [0, 0.1) is 0 Å². The van der Waals surface area contributed by atoms with Gasteiger partial charge in [0.25, 0.3) is 0 Å². The number of nitrogens with two attached hydrogens (primary N) is 1. The van der Waals surface area contributed by atoms with Crippen LogP contribution in [-0.2, 0) is 9.53 Å². The summed E-state index contributed by atoms with van der Waals surface area (Å²) in [6, 6.07) is 8.00. The standard InChI is InChI=1S/C18H28N2O2.ClH/c1-5-6-11-22-14(4)18(21)20-12-17(19)16-9-7-15(8-10-16)13(2)3;/h5,7-10,13-14,17H,1,6,11-12,19H2,2-4H3,(H,20,21);1H. The number of carbonyl (C=O) groups excluding carboxylic acids is 1. The molecule has 130 valence electrons. The van der Waals surface area contributed by atoms with Crippen molar-refractivity contribution >= 4 is 18.3 Å². The Balaban J connectivity index is 0.00000484. The summed E-state index contributed by atoms with van der Waals surface area (Å²) in [6.07, 6.45) is 2.02. The molecule has 0 saturated carbocycles. The third-order valence-electron chi connectivity index (χ3n) is 3.59. The first-order valence-electron chi connectivity index (χ1n) is 7.81. The maximum Gasteiger partial charge on any atom is 0.248 e. The number of nitrogens with one attached hydrogen (secondary N) is 1. The van der Waals surface area contributed by atoms with Crippen molar-refractivity contribution in [2.45, 2.75) is 45.3 Å². The molecule has 4 nitrogen and oxygen atoms in total. The second-order valence-electron chi connectivity index (χ2n) is 5.76. The molecule has 0 aliphatic carbocycles. The molecule has 1 aromatic rings. The number of amides is 1. The molecule has 0 aromatic heterocycles. The molecule has 1 rings (SSSR count). The van der Waals surface area contributed by atoms with Crippen LogP contribution in [0.4, 0.5) is 0 Å². The molecule has 0 heterocycles. The Morgan fingerprint density at radius 1 is 1.26 bits per heavy atom. The van der Waals surface area contributed by atoms with E-state index in [9.17, 15) is 4.79 Å². The number of carbonyl (C=O) groups is 1. The lowest BCUT2D eigenvalue weighted by atomic mass is 9.99. The van der Waals surface area contributed by atoms with Crippen molar-refractivity contribution in [1.82, 2.24) is 5.32 Å². The quantitative estimate of drug-likeness (QED) is 0.535. The van der Waals surface area contributed by atoms with E-state index in [4.69, 9.17) is 10.5 Å². The minimum Gasteiger partial charge on any atom is -0.368 e. The van der Waals surface area contributed by atoms with E-state index >= 15 is 0 Å². The van der Waals surface area contributed by atoms with E-state index in [2.05, 4.69) is 37.9 Å². The molecule has 1 aromatic carbocycles. The Morgan fingerprint density at radius 3 is 2.35 bits per heavy atom. The molecule has 3 N–H and O–H groups in total. The van der Waals surface area contributed by atoms with Crippen LogP contribution in [0.25, 0.3) is 0 Å². The third-order valence-corrected chi connectivity index (χ3v) is 3.59. The van der Waals surface area contributed by atoms with E-state index in [1.807, 2.05) is 12.1 Å². The normalized spacial score (nSPS) is 13.1. The minimum atomic E-state index is -0.476. The molecule has 0 spiro atoms. The minimum absolute atomic E-state index is 0. The fraction of sp³-hybridized carbons (Fsp3) is 0.500. The van der Waals surface area contributed by atoms with Gasteiger partial charge in [0.1, 0.15) is 6.10 Å². The molecule has 0 saturated heterocycles. The summed E-state index contributed by atoms with van der Waals surface area (Å²) in [5, 5.41) is 2.83. The van der Waals surface area contributed by atoms with Crippen LogP contribution in [0.2, 0.25) is 0 Å². The van der Waals surface area contributed by atoms with Crippen LogP contribution in [0.5, 0.6) is 0 Å². The summed E-state index contributed by atoms with van der Waals surface area (Å²) in [4.78, 5) is 11.9. The van der Waals surface area contributed by atoms with Crippen LogP contribution in [0.15, 0.2) is 36.9 Å². The summed E-state index contributed by atoms with van der Waals surface area (Å²) in [7, 11) is 0. The van der Waals surface area contributed by atoms with Crippen LogP contribution in [0.1, 0.15) is 50.3 Å². The fourth-order valence-electron chi connectivity index (χ4n) is 2.00. The number of hydrogen-bond donors (Lipinski definition) is 2. The van der Waals surface area contributed by atoms with E-state index < -0.39 is 6.10 Å². The Labute approximate surface area is 145 Å². The third kappa shape index (κ3) is 7.64. The molecule has 2 atom stereocenters. The van der Waals surface area contributed by atoms with Crippen LogP contribution >= 0.6 is 12.4 Å². The van der Waals surface area contributed by atoms with Gasteiger partial charge in [-0.2, -0.15) is 0 Å². The average molecular weight is 341 g/mol. The number of benzene rings is 1. The van der Waals surface area contributed by atoms with E-state index in [0.717, 1.165) is 12.0 Å². The highest BCUT2D eigenvalue weighted by Crippen LogP contribution is 2.17. The smallest absolute Gasteiger partial charge is 0.248 e. The van der Waals surface area contributed by atoms with E-state index in [0.29, 0.717) is 19.1 Å². The maximum atomic E-state index is 11.9. The molecule has 5 heteroatoms. The first-order chi connectivity index (χ1) is 10.5. The highest BCUT2D eigenvalue weighted by molar-refractivity contribution is 5.85. The average Bonchev–Trinajstić information content (AvgIpc) is 2.52. The largest absolute Gasteiger partial charge is 0.368 e. The molecule has 2 unspecified atom stereocenters. The zero-order valence-electron chi connectivity index (χ0n) is 14.2. The number of rotatable bonds is 9. The number of hydrogen-bond acceptors (Lipinski definition) is 3. The monoisotopic (exact) mass is 340 g/mol. The molecule has 0 aliphatic rings. The van der Waals surface area contributed by atoms with E-state index in [1.54, 1.807) is 13.0 Å². The second-order valence-corrected chi connectivity index (χ2v) is 5.76. The van der Waals surface area contributed by atoms with Gasteiger partial charge in [0.15, 0.2) is 0 Å². The maximum absolute atomic E-state index is 11.9. The summed E-state index contributed by atoms with van der Waals surface area (Å²) in [5.41, 5.74) is 8.42. The summed E-state index contributed by atoms with van der Waals surface area (Å²) < 4.78 is 5.40. The zero-order chi connectivity index (χ0) is 16.5. The lowest BCUT2D eigenvalue weighted by Gasteiger charge is -2.17. The highest BCUT2D eigenvalue weighted by atomic mass is 35.5. The molecule has 0 bridgehead atoms. The van der Waals surface area contributed by atoms with Crippen LogP contribution in [-0.4, -0.2) is 25.2 Å². The first kappa shape index (κ1) is 21.6. The van der Waals surface area contributed by atoms with Gasteiger partial charge >= 0.3 is 0 Å². The molecule has 0 aliphatic heterocycles. The summed E-state index contributed by atoms with van der Waals surface area (Å²) in [6.45, 7) is 10.6. The molecular weight excluding hydrogens is 312 g/mol. The van der Waals surface area contributed by atoms with Gasteiger partial charge in [-0.15, -0.1) is 19.0 Å². The highest BCUT2D eigenvalue weighted by Gasteiger charge is 2.14. The van der Waals surface area contributed by atoms with Crippen molar-refractivity contribution < 1.29 is 9.53 Å². The SMILES string of the molecule is C=CCCOC(C)C(=O)NCC(N)c1ccc(C(C)C)cc1.Cl. The Morgan fingerprint density at radius 2 is 1.83 bits per heavy atom. The van der Waals surface area contributed by atoms with Gasteiger partial charge in [-0.3, -0.25) is 4.79 Å². The van der Waals surface area contributed by atoms with Gasteiger partial charge in [-0.05, 0) is 30.4 Å². The van der Waals surface area contributed by atoms with Gasteiger partial charge in [-0.25, -0.2) is 0 Å². The van der Waals surface area contributed by atoms with Crippen molar-refractivity contribution in [1.29, 1.82) is 0 Å². The predicted molar refractivity (Wildman–Crippen MR) is 97.9 cm³/mol. The van der Waals surface area contributed by atoms with Crippen molar-refractivity contribution in [3.8, 4) is 0 Å². The molecule has 1 amide bonds. The Hall–Kier alpha value is -1.36. The summed E-state index contributed by atoms with van der Waals surface area (Å²) >= 11 is 0. The van der Waals surface area contributed by atoms with Gasteiger partial charge in [0, 0.05) is 12.6 Å². The Bertz CT molecular complexity index is 474. The topological polar surface area (TPSA) is 64.3 Å². The number of halogens is 1. The first-order valence-corrected chi connectivity index (χ1v) is 7.81.